The van der Waals surface area contributed by atoms with Gasteiger partial charge in [0.05, 0.1) is 6.61 Å². The van der Waals surface area contributed by atoms with Gasteiger partial charge in [-0.2, -0.15) is 0 Å². The van der Waals surface area contributed by atoms with E-state index in [0.29, 0.717) is 0 Å². The molecule has 0 fully saturated rings. The van der Waals surface area contributed by atoms with Crippen molar-refractivity contribution < 1.29 is 19.1 Å². The molecule has 0 spiro atoms. The molecule has 0 aliphatic rings. The predicted octanol–water partition coefficient (Wildman–Crippen LogP) is 0.184. The van der Waals surface area contributed by atoms with Crippen LogP contribution in [0.2, 0.25) is 0 Å². The molecule has 1 atom stereocenters. The third kappa shape index (κ3) is 4.02. The van der Waals surface area contributed by atoms with Crippen LogP contribution in [0.1, 0.15) is 34.1 Å². The van der Waals surface area contributed by atoms with Gasteiger partial charge in [0.15, 0.2) is 0 Å². The second-order valence-corrected chi connectivity index (χ2v) is 4.43. The molecule has 0 aliphatic heterocycles. The number of carbonyl (C=O) groups is 3. The number of thiazole rings is 1. The monoisotopic (exact) mass is 285 g/mol. The molecule has 1 rings (SSSR count). The fourth-order valence-electron chi connectivity index (χ4n) is 1.22. The van der Waals surface area contributed by atoms with Gasteiger partial charge < -0.3 is 15.4 Å². The maximum absolute atomic E-state index is 11.8. The summed E-state index contributed by atoms with van der Waals surface area (Å²) in [5.74, 6) is -1.39. The second kappa shape index (κ2) is 6.83. The van der Waals surface area contributed by atoms with E-state index in [9.17, 15) is 14.4 Å². The van der Waals surface area contributed by atoms with Crippen molar-refractivity contribution in [2.75, 3.05) is 13.7 Å². The van der Waals surface area contributed by atoms with Crippen molar-refractivity contribution in [1.82, 2.24) is 15.6 Å². The van der Waals surface area contributed by atoms with Crippen LogP contribution in [0.25, 0.3) is 0 Å². The summed E-state index contributed by atoms with van der Waals surface area (Å²) in [6, 6.07) is -0.676. The molecule has 0 aromatic carbocycles. The van der Waals surface area contributed by atoms with Crippen LogP contribution in [0.15, 0.2) is 5.38 Å². The Hall–Kier alpha value is -1.96. The number of nitrogens with zero attached hydrogens (tertiary/aromatic N) is 1. The second-order valence-electron chi connectivity index (χ2n) is 3.57. The number of likely N-dealkylation sites (N-methyl/N-ethyl adjacent to an activating group) is 1. The van der Waals surface area contributed by atoms with E-state index in [1.54, 1.807) is 13.8 Å². The van der Waals surface area contributed by atoms with Crippen molar-refractivity contribution in [3.63, 3.8) is 0 Å². The highest BCUT2D eigenvalue weighted by Crippen LogP contribution is 2.11. The van der Waals surface area contributed by atoms with Crippen LogP contribution < -0.4 is 10.6 Å². The number of carbonyl (C=O) groups excluding carboxylic acids is 3. The molecule has 0 saturated carbocycles. The van der Waals surface area contributed by atoms with Crippen molar-refractivity contribution in [2.45, 2.75) is 19.9 Å². The topological polar surface area (TPSA) is 97.4 Å². The van der Waals surface area contributed by atoms with Gasteiger partial charge in [0.1, 0.15) is 11.7 Å². The zero-order valence-electron chi connectivity index (χ0n) is 10.9. The van der Waals surface area contributed by atoms with Gasteiger partial charge in [0, 0.05) is 12.4 Å². The van der Waals surface area contributed by atoms with Crippen LogP contribution >= 0.6 is 11.3 Å². The van der Waals surface area contributed by atoms with E-state index in [1.165, 1.54) is 12.4 Å². The van der Waals surface area contributed by atoms with E-state index in [4.69, 9.17) is 4.74 Å². The van der Waals surface area contributed by atoms with Gasteiger partial charge in [-0.25, -0.2) is 9.78 Å². The molecule has 2 amide bonds. The molecule has 0 bridgehead atoms. The summed E-state index contributed by atoms with van der Waals surface area (Å²) >= 11 is 1.02. The number of rotatable bonds is 5. The fourth-order valence-corrected chi connectivity index (χ4v) is 1.91. The van der Waals surface area contributed by atoms with Crippen LogP contribution in [-0.2, 0) is 9.53 Å². The third-order valence-electron chi connectivity index (χ3n) is 2.17. The standard InChI is InChI=1S/C11H15N3O4S/c1-4-18-11(17)10-14-7(5-19-10)9(16)13-6(2)8(15)12-3/h5-6H,4H2,1-3H3,(H,12,15)(H,13,16). The molecule has 1 heterocycles. The Bertz CT molecular complexity index is 486. The maximum atomic E-state index is 11.8. The lowest BCUT2D eigenvalue weighted by Crippen LogP contribution is -2.43. The molecule has 7 nitrogen and oxygen atoms in total. The van der Waals surface area contributed by atoms with Crippen molar-refractivity contribution in [3.05, 3.63) is 16.1 Å². The average molecular weight is 285 g/mol. The highest BCUT2D eigenvalue weighted by atomic mass is 32.1. The molecular weight excluding hydrogens is 270 g/mol. The molecule has 0 saturated heterocycles. The number of nitrogens with one attached hydrogen (secondary N) is 2. The van der Waals surface area contributed by atoms with Gasteiger partial charge in [-0.05, 0) is 13.8 Å². The van der Waals surface area contributed by atoms with E-state index >= 15 is 0 Å². The lowest BCUT2D eigenvalue weighted by Gasteiger charge is -2.10. The highest BCUT2D eigenvalue weighted by Gasteiger charge is 2.19. The normalized spacial score (nSPS) is 11.5. The van der Waals surface area contributed by atoms with Gasteiger partial charge in [-0.1, -0.05) is 0 Å². The smallest absolute Gasteiger partial charge is 0.367 e. The molecule has 1 unspecified atom stereocenters. The van der Waals surface area contributed by atoms with Gasteiger partial charge in [0.2, 0.25) is 10.9 Å². The summed E-state index contributed by atoms with van der Waals surface area (Å²) in [6.45, 7) is 3.48. The SMILES string of the molecule is CCOC(=O)c1nc(C(=O)NC(C)C(=O)NC)cs1. The largest absolute Gasteiger partial charge is 0.461 e. The lowest BCUT2D eigenvalue weighted by atomic mass is 10.3. The first kappa shape index (κ1) is 15.1. The van der Waals surface area contributed by atoms with E-state index in [0.717, 1.165) is 11.3 Å². The zero-order valence-corrected chi connectivity index (χ0v) is 11.7. The molecule has 0 aliphatic carbocycles. The van der Waals surface area contributed by atoms with Crippen molar-refractivity contribution in [3.8, 4) is 0 Å². The van der Waals surface area contributed by atoms with Crippen LogP contribution in [-0.4, -0.2) is 42.5 Å². The summed E-state index contributed by atoms with van der Waals surface area (Å²) in [6.07, 6.45) is 0. The van der Waals surface area contributed by atoms with Crippen molar-refractivity contribution >= 4 is 29.1 Å². The van der Waals surface area contributed by atoms with E-state index in [1.807, 2.05) is 0 Å². The quantitative estimate of drug-likeness (QED) is 0.752. The zero-order chi connectivity index (χ0) is 14.4. The Balaban J connectivity index is 2.68. The number of hydrogen-bond donors (Lipinski definition) is 2. The van der Waals surface area contributed by atoms with Crippen molar-refractivity contribution in [1.29, 1.82) is 0 Å². The lowest BCUT2D eigenvalue weighted by molar-refractivity contribution is -0.122. The summed E-state index contributed by atoms with van der Waals surface area (Å²) in [4.78, 5) is 38.3. The van der Waals surface area contributed by atoms with E-state index in [2.05, 4.69) is 15.6 Å². The third-order valence-corrected chi connectivity index (χ3v) is 3.00. The van der Waals surface area contributed by atoms with Gasteiger partial charge in [-0.15, -0.1) is 11.3 Å². The van der Waals surface area contributed by atoms with Crippen LogP contribution in [0.3, 0.4) is 0 Å². The van der Waals surface area contributed by atoms with Crippen molar-refractivity contribution in [2.24, 2.45) is 0 Å². The van der Waals surface area contributed by atoms with E-state index < -0.39 is 17.9 Å². The van der Waals surface area contributed by atoms with E-state index in [-0.39, 0.29) is 23.2 Å². The molecule has 1 aromatic heterocycles. The van der Waals surface area contributed by atoms with Crippen LogP contribution in [0, 0.1) is 0 Å². The Morgan fingerprint density at radius 1 is 1.47 bits per heavy atom. The minimum Gasteiger partial charge on any atom is -0.461 e. The first-order valence-electron chi connectivity index (χ1n) is 5.64. The number of ether oxygens (including phenoxy) is 1. The van der Waals surface area contributed by atoms with Crippen LogP contribution in [0.5, 0.6) is 0 Å². The molecule has 1 aromatic rings. The molecule has 104 valence electrons. The highest BCUT2D eigenvalue weighted by molar-refractivity contribution is 7.11. The minimum absolute atomic E-state index is 0.0869. The molecule has 8 heteroatoms. The molecule has 2 N–H and O–H groups in total. The molecular formula is C11H15N3O4S. The number of esters is 1. The Morgan fingerprint density at radius 2 is 2.16 bits per heavy atom. The summed E-state index contributed by atoms with van der Waals surface area (Å²) < 4.78 is 4.77. The average Bonchev–Trinajstić information content (AvgIpc) is 2.87. The summed E-state index contributed by atoms with van der Waals surface area (Å²) in [5, 5.41) is 6.44. The van der Waals surface area contributed by atoms with Gasteiger partial charge in [-0.3, -0.25) is 9.59 Å². The minimum atomic E-state index is -0.676. The molecule has 0 radical (unpaired) electrons. The Labute approximate surface area is 114 Å². The van der Waals surface area contributed by atoms with Gasteiger partial charge >= 0.3 is 5.97 Å². The number of aromatic nitrogens is 1. The summed E-state index contributed by atoms with van der Waals surface area (Å²) in [7, 11) is 1.48. The number of hydrogen-bond acceptors (Lipinski definition) is 6. The Morgan fingerprint density at radius 3 is 2.74 bits per heavy atom. The van der Waals surface area contributed by atoms with Crippen LogP contribution in [0.4, 0.5) is 0 Å². The maximum Gasteiger partial charge on any atom is 0.367 e. The Kier molecular flexibility index (Phi) is 5.43. The fraction of sp³-hybridized carbons (Fsp3) is 0.455. The molecule has 19 heavy (non-hydrogen) atoms. The first-order valence-corrected chi connectivity index (χ1v) is 6.52. The first-order chi connectivity index (χ1) is 8.99. The predicted molar refractivity (Wildman–Crippen MR) is 69.1 cm³/mol. The summed E-state index contributed by atoms with van der Waals surface area (Å²) in [5.41, 5.74) is 0.0869. The number of amides is 2. The van der Waals surface area contributed by atoms with Gasteiger partial charge in [0.25, 0.3) is 5.91 Å².